The van der Waals surface area contributed by atoms with Crippen LogP contribution in [0, 0.1) is 5.92 Å². The summed E-state index contributed by atoms with van der Waals surface area (Å²) in [7, 11) is 0. The molecular formula is C15H27N3O3. The van der Waals surface area contributed by atoms with Crippen LogP contribution in [-0.4, -0.2) is 53.2 Å². The predicted molar refractivity (Wildman–Crippen MR) is 80.2 cm³/mol. The molecule has 2 aliphatic rings. The number of hydrogen-bond acceptors (Lipinski definition) is 3. The molecule has 2 rings (SSSR count). The third kappa shape index (κ3) is 4.09. The van der Waals surface area contributed by atoms with Crippen molar-refractivity contribution in [3.8, 4) is 0 Å². The van der Waals surface area contributed by atoms with Gasteiger partial charge in [0, 0.05) is 18.6 Å². The summed E-state index contributed by atoms with van der Waals surface area (Å²) >= 11 is 0. The summed E-state index contributed by atoms with van der Waals surface area (Å²) in [6.07, 6.45) is 5.11. The van der Waals surface area contributed by atoms with Crippen LogP contribution in [0.25, 0.3) is 0 Å². The van der Waals surface area contributed by atoms with E-state index in [9.17, 15) is 14.7 Å². The Hall–Kier alpha value is -1.30. The molecule has 3 N–H and O–H groups in total. The van der Waals surface area contributed by atoms with E-state index in [2.05, 4.69) is 15.5 Å². The fraction of sp³-hybridized carbons (Fsp3) is 0.867. The predicted octanol–water partition coefficient (Wildman–Crippen LogP) is 1.41. The molecule has 0 aromatic rings. The van der Waals surface area contributed by atoms with Gasteiger partial charge in [-0.25, -0.2) is 9.59 Å². The van der Waals surface area contributed by atoms with E-state index >= 15 is 0 Å². The Kier molecular flexibility index (Phi) is 5.45. The van der Waals surface area contributed by atoms with Crippen LogP contribution in [0.3, 0.4) is 0 Å². The molecule has 0 aliphatic carbocycles. The molecule has 2 amide bonds. The van der Waals surface area contributed by atoms with E-state index in [1.54, 1.807) is 0 Å². The summed E-state index contributed by atoms with van der Waals surface area (Å²) in [5, 5.41) is 14.8. The molecule has 2 heterocycles. The topological polar surface area (TPSA) is 81.7 Å². The fourth-order valence-electron chi connectivity index (χ4n) is 3.41. The molecule has 0 bridgehead atoms. The van der Waals surface area contributed by atoms with Gasteiger partial charge in [-0.15, -0.1) is 0 Å². The van der Waals surface area contributed by atoms with Crippen molar-refractivity contribution in [3.05, 3.63) is 0 Å². The smallest absolute Gasteiger partial charge is 0.326 e. The number of nitrogens with one attached hydrogen (secondary N) is 2. The van der Waals surface area contributed by atoms with Gasteiger partial charge in [-0.05, 0) is 38.1 Å². The minimum atomic E-state index is -0.967. The van der Waals surface area contributed by atoms with Crippen molar-refractivity contribution in [2.24, 2.45) is 5.92 Å². The molecule has 6 heteroatoms. The maximum absolute atomic E-state index is 12.0. The Morgan fingerprint density at radius 3 is 2.76 bits per heavy atom. The maximum Gasteiger partial charge on any atom is 0.326 e. The van der Waals surface area contributed by atoms with Crippen molar-refractivity contribution in [2.75, 3.05) is 13.1 Å². The first-order chi connectivity index (χ1) is 10.0. The van der Waals surface area contributed by atoms with Crippen molar-refractivity contribution in [1.29, 1.82) is 0 Å². The molecule has 0 saturated carbocycles. The number of hydrogen-bond donors (Lipinski definition) is 3. The van der Waals surface area contributed by atoms with Crippen LogP contribution in [0.5, 0.6) is 0 Å². The number of carboxylic acid groups (broad SMARTS) is 1. The molecule has 2 fully saturated rings. The van der Waals surface area contributed by atoms with E-state index in [1.807, 2.05) is 13.8 Å². The van der Waals surface area contributed by atoms with Crippen molar-refractivity contribution >= 4 is 12.0 Å². The van der Waals surface area contributed by atoms with Crippen LogP contribution in [0.15, 0.2) is 0 Å². The van der Waals surface area contributed by atoms with Crippen LogP contribution in [0.2, 0.25) is 0 Å². The molecule has 2 aliphatic heterocycles. The lowest BCUT2D eigenvalue weighted by Crippen LogP contribution is -2.54. The third-order valence-corrected chi connectivity index (χ3v) is 4.92. The second-order valence-electron chi connectivity index (χ2n) is 6.37. The summed E-state index contributed by atoms with van der Waals surface area (Å²) in [5.74, 6) is -1.05. The first kappa shape index (κ1) is 16.1. The van der Waals surface area contributed by atoms with E-state index in [1.165, 1.54) is 19.4 Å². The zero-order valence-corrected chi connectivity index (χ0v) is 13.0. The van der Waals surface area contributed by atoms with E-state index in [-0.39, 0.29) is 18.0 Å². The molecule has 21 heavy (non-hydrogen) atoms. The third-order valence-electron chi connectivity index (χ3n) is 4.92. The first-order valence-electron chi connectivity index (χ1n) is 8.05. The molecule has 0 aromatic heterocycles. The largest absolute Gasteiger partial charge is 0.480 e. The van der Waals surface area contributed by atoms with Crippen molar-refractivity contribution in [2.45, 2.75) is 64.1 Å². The first-order valence-corrected chi connectivity index (χ1v) is 8.05. The average Bonchev–Trinajstić information content (AvgIpc) is 2.91. The highest BCUT2D eigenvalue weighted by molar-refractivity contribution is 5.82. The highest BCUT2D eigenvalue weighted by Crippen LogP contribution is 2.26. The van der Waals surface area contributed by atoms with Crippen LogP contribution in [0.4, 0.5) is 4.79 Å². The van der Waals surface area contributed by atoms with Gasteiger partial charge in [0.15, 0.2) is 0 Å². The highest BCUT2D eigenvalue weighted by Gasteiger charge is 2.33. The number of aliphatic carboxylic acids is 1. The van der Waals surface area contributed by atoms with Gasteiger partial charge in [-0.3, -0.25) is 0 Å². The second-order valence-corrected chi connectivity index (χ2v) is 6.37. The molecule has 0 radical (unpaired) electrons. The van der Waals surface area contributed by atoms with E-state index in [4.69, 9.17) is 0 Å². The number of amides is 2. The number of nitrogens with zero attached hydrogens (tertiary/aromatic N) is 1. The van der Waals surface area contributed by atoms with Gasteiger partial charge >= 0.3 is 12.0 Å². The highest BCUT2D eigenvalue weighted by atomic mass is 16.4. The lowest BCUT2D eigenvalue weighted by molar-refractivity contribution is -0.140. The molecule has 6 nitrogen and oxygen atoms in total. The fourth-order valence-corrected chi connectivity index (χ4v) is 3.41. The zero-order chi connectivity index (χ0) is 15.4. The number of piperidine rings is 1. The van der Waals surface area contributed by atoms with Gasteiger partial charge in [0.05, 0.1) is 0 Å². The Bertz CT molecular complexity index is 388. The number of rotatable bonds is 5. The molecule has 0 spiro atoms. The normalized spacial score (nSPS) is 28.5. The number of urea groups is 1. The lowest BCUT2D eigenvalue weighted by Gasteiger charge is -2.35. The van der Waals surface area contributed by atoms with E-state index in [0.29, 0.717) is 6.04 Å². The Balaban J connectivity index is 1.82. The van der Waals surface area contributed by atoms with Gasteiger partial charge in [-0.2, -0.15) is 0 Å². The average molecular weight is 297 g/mol. The van der Waals surface area contributed by atoms with Crippen LogP contribution in [-0.2, 0) is 4.79 Å². The summed E-state index contributed by atoms with van der Waals surface area (Å²) in [6.45, 7) is 5.98. The quantitative estimate of drug-likeness (QED) is 0.716. The minimum absolute atomic E-state index is 0.0788. The SMILES string of the molecule is CCC(C)[C@H](NC(=O)NC1CCN2CCCC2C1)C(=O)O. The summed E-state index contributed by atoms with van der Waals surface area (Å²) in [4.78, 5) is 25.8. The Morgan fingerprint density at radius 1 is 1.33 bits per heavy atom. The lowest BCUT2D eigenvalue weighted by atomic mass is 9.97. The molecule has 3 unspecified atom stereocenters. The molecule has 2 saturated heterocycles. The van der Waals surface area contributed by atoms with Crippen molar-refractivity contribution in [1.82, 2.24) is 15.5 Å². The Labute approximate surface area is 126 Å². The van der Waals surface area contributed by atoms with Crippen LogP contribution >= 0.6 is 0 Å². The zero-order valence-electron chi connectivity index (χ0n) is 13.0. The summed E-state index contributed by atoms with van der Waals surface area (Å²) < 4.78 is 0. The van der Waals surface area contributed by atoms with Crippen LogP contribution in [0.1, 0.15) is 46.0 Å². The van der Waals surface area contributed by atoms with Crippen molar-refractivity contribution < 1.29 is 14.7 Å². The molecule has 0 aromatic carbocycles. The summed E-state index contributed by atoms with van der Waals surface area (Å²) in [5.41, 5.74) is 0. The van der Waals surface area contributed by atoms with E-state index in [0.717, 1.165) is 25.8 Å². The monoisotopic (exact) mass is 297 g/mol. The number of carboxylic acids is 1. The van der Waals surface area contributed by atoms with Gasteiger partial charge in [-0.1, -0.05) is 20.3 Å². The molecule has 4 atom stereocenters. The molecular weight excluding hydrogens is 270 g/mol. The van der Waals surface area contributed by atoms with Gasteiger partial charge in [0.2, 0.25) is 0 Å². The van der Waals surface area contributed by atoms with Crippen LogP contribution < -0.4 is 10.6 Å². The standard InChI is InChI=1S/C15H27N3O3/c1-3-10(2)13(14(19)20)17-15(21)16-11-6-8-18-7-4-5-12(18)9-11/h10-13H,3-9H2,1-2H3,(H,19,20)(H2,16,17,21)/t10?,11?,12?,13-/m0/s1. The summed E-state index contributed by atoms with van der Waals surface area (Å²) in [6, 6.07) is -0.412. The number of carbonyl (C=O) groups is 2. The van der Waals surface area contributed by atoms with E-state index < -0.39 is 12.0 Å². The van der Waals surface area contributed by atoms with Gasteiger partial charge in [0.1, 0.15) is 6.04 Å². The minimum Gasteiger partial charge on any atom is -0.480 e. The van der Waals surface area contributed by atoms with Crippen molar-refractivity contribution in [3.63, 3.8) is 0 Å². The van der Waals surface area contributed by atoms with Gasteiger partial charge in [0.25, 0.3) is 0 Å². The Morgan fingerprint density at radius 2 is 2.10 bits per heavy atom. The second kappa shape index (κ2) is 7.11. The number of carbonyl (C=O) groups excluding carboxylic acids is 1. The van der Waals surface area contributed by atoms with Gasteiger partial charge < -0.3 is 20.6 Å². The number of fused-ring (bicyclic) bond motifs is 1. The maximum atomic E-state index is 12.0. The molecule has 120 valence electrons.